The molecule has 0 aliphatic rings. The summed E-state index contributed by atoms with van der Waals surface area (Å²) in [4.78, 5) is -0.577. The molecule has 0 aliphatic carbocycles. The first-order valence-corrected chi connectivity index (χ1v) is 7.89. The second-order valence-corrected chi connectivity index (χ2v) is 7.24. The van der Waals surface area contributed by atoms with Crippen molar-refractivity contribution in [3.63, 3.8) is 0 Å². The van der Waals surface area contributed by atoms with Crippen LogP contribution in [0.15, 0.2) is 17.0 Å². The van der Waals surface area contributed by atoms with Crippen LogP contribution in [-0.2, 0) is 10.0 Å². The lowest BCUT2D eigenvalue weighted by molar-refractivity contribution is -0.138. The van der Waals surface area contributed by atoms with Gasteiger partial charge in [-0.1, -0.05) is 23.2 Å². The summed E-state index contributed by atoms with van der Waals surface area (Å²) in [5, 5.41) is -0.240. The van der Waals surface area contributed by atoms with Crippen LogP contribution in [0.1, 0.15) is 13.8 Å². The van der Waals surface area contributed by atoms with Crippen molar-refractivity contribution in [3.8, 4) is 0 Å². The molecule has 21 heavy (non-hydrogen) atoms. The van der Waals surface area contributed by atoms with Gasteiger partial charge >= 0.3 is 6.18 Å². The molecule has 1 rings (SSSR count). The summed E-state index contributed by atoms with van der Waals surface area (Å²) in [6, 6.07) is 1.30. The number of sulfonamides is 1. The fourth-order valence-corrected chi connectivity index (χ4v) is 4.26. The van der Waals surface area contributed by atoms with Gasteiger partial charge in [-0.2, -0.15) is 17.5 Å². The predicted octanol–water partition coefficient (Wildman–Crippen LogP) is 3.54. The lowest BCUT2D eigenvalue weighted by atomic mass is 10.3. The molecule has 2 N–H and O–H groups in total. The van der Waals surface area contributed by atoms with E-state index in [0.29, 0.717) is 4.31 Å². The maximum absolute atomic E-state index is 12.6. The zero-order valence-electron chi connectivity index (χ0n) is 11.1. The number of hydrogen-bond donors (Lipinski definition) is 1. The average Bonchev–Trinajstić information content (AvgIpc) is 2.21. The summed E-state index contributed by atoms with van der Waals surface area (Å²) in [5.74, 6) is 0. The van der Waals surface area contributed by atoms with Crippen LogP contribution in [0.5, 0.6) is 0 Å². The molecule has 0 aliphatic heterocycles. The minimum atomic E-state index is -4.69. The molecule has 0 unspecified atom stereocenters. The topological polar surface area (TPSA) is 63.4 Å². The van der Waals surface area contributed by atoms with E-state index in [0.717, 1.165) is 12.1 Å². The molecular weight excluding hydrogens is 352 g/mol. The lowest BCUT2D eigenvalue weighted by Crippen LogP contribution is -2.43. The van der Waals surface area contributed by atoms with Gasteiger partial charge in [-0.05, 0) is 26.0 Å². The Balaban J connectivity index is 3.44. The van der Waals surface area contributed by atoms with Gasteiger partial charge in [-0.3, -0.25) is 0 Å². The normalized spacial score (nSPS) is 13.2. The highest BCUT2D eigenvalue weighted by molar-refractivity contribution is 7.89. The van der Waals surface area contributed by atoms with Crippen molar-refractivity contribution in [2.24, 2.45) is 0 Å². The zero-order chi connectivity index (χ0) is 16.6. The standard InChI is InChI=1S/C11H13Cl2F3N2O2S/c1-6(2)18(5-11(14,15)16)21(19,20)10-8(13)3-7(12)4-9(10)17/h3-4,6H,5,17H2,1-2H3. The van der Waals surface area contributed by atoms with Crippen molar-refractivity contribution in [3.05, 3.63) is 22.2 Å². The van der Waals surface area contributed by atoms with Crippen LogP contribution in [0.25, 0.3) is 0 Å². The van der Waals surface area contributed by atoms with Crippen LogP contribution in [0.3, 0.4) is 0 Å². The van der Waals surface area contributed by atoms with Crippen molar-refractivity contribution >= 4 is 38.9 Å². The number of alkyl halides is 3. The van der Waals surface area contributed by atoms with E-state index in [-0.39, 0.29) is 15.7 Å². The number of halogens is 5. The van der Waals surface area contributed by atoms with E-state index in [1.807, 2.05) is 0 Å². The first kappa shape index (κ1) is 18.3. The molecule has 0 aromatic heterocycles. The second-order valence-electron chi connectivity index (χ2n) is 4.57. The molecule has 0 fully saturated rings. The molecule has 0 heterocycles. The van der Waals surface area contributed by atoms with Crippen molar-refractivity contribution in [1.82, 2.24) is 4.31 Å². The first-order valence-electron chi connectivity index (χ1n) is 5.69. The van der Waals surface area contributed by atoms with E-state index < -0.39 is 33.7 Å². The van der Waals surface area contributed by atoms with E-state index in [4.69, 9.17) is 28.9 Å². The molecule has 120 valence electrons. The maximum Gasteiger partial charge on any atom is 0.402 e. The SMILES string of the molecule is CC(C)N(CC(F)(F)F)S(=O)(=O)c1c(N)cc(Cl)cc1Cl. The quantitative estimate of drug-likeness (QED) is 0.831. The van der Waals surface area contributed by atoms with Crippen molar-refractivity contribution in [2.45, 2.75) is 31.0 Å². The molecule has 0 radical (unpaired) electrons. The van der Waals surface area contributed by atoms with E-state index in [1.54, 1.807) is 0 Å². The summed E-state index contributed by atoms with van der Waals surface area (Å²) in [6.45, 7) is 1.01. The first-order chi connectivity index (χ1) is 9.36. The highest BCUT2D eigenvalue weighted by Gasteiger charge is 2.40. The molecule has 1 aromatic carbocycles. The van der Waals surface area contributed by atoms with Gasteiger partial charge in [-0.25, -0.2) is 8.42 Å². The minimum Gasteiger partial charge on any atom is -0.398 e. The summed E-state index contributed by atoms with van der Waals surface area (Å²) in [7, 11) is -4.51. The molecule has 10 heteroatoms. The zero-order valence-corrected chi connectivity index (χ0v) is 13.4. The molecule has 0 spiro atoms. The third-order valence-electron chi connectivity index (χ3n) is 2.51. The van der Waals surface area contributed by atoms with Crippen LogP contribution >= 0.6 is 23.2 Å². The Hall–Kier alpha value is -0.700. The van der Waals surface area contributed by atoms with Crippen LogP contribution in [0.4, 0.5) is 18.9 Å². The monoisotopic (exact) mass is 364 g/mol. The highest BCUT2D eigenvalue weighted by atomic mass is 35.5. The van der Waals surface area contributed by atoms with Crippen molar-refractivity contribution in [1.29, 1.82) is 0 Å². The summed E-state index contributed by atoms with van der Waals surface area (Å²) in [6.07, 6.45) is -4.69. The molecule has 0 atom stereocenters. The number of nitrogens with zero attached hydrogens (tertiary/aromatic N) is 1. The van der Waals surface area contributed by atoms with Gasteiger partial charge in [0, 0.05) is 11.1 Å². The smallest absolute Gasteiger partial charge is 0.398 e. The van der Waals surface area contributed by atoms with Crippen molar-refractivity contribution in [2.75, 3.05) is 12.3 Å². The van der Waals surface area contributed by atoms with Gasteiger partial charge in [0.05, 0.1) is 10.7 Å². The van der Waals surface area contributed by atoms with Gasteiger partial charge in [0.25, 0.3) is 0 Å². The van der Waals surface area contributed by atoms with Crippen LogP contribution in [0.2, 0.25) is 10.0 Å². The van der Waals surface area contributed by atoms with Crippen LogP contribution in [0, 0.1) is 0 Å². The van der Waals surface area contributed by atoms with Crippen LogP contribution < -0.4 is 5.73 Å². The molecule has 4 nitrogen and oxygen atoms in total. The number of benzene rings is 1. The summed E-state index contributed by atoms with van der Waals surface area (Å²) >= 11 is 11.5. The Bertz CT molecular complexity index is 610. The molecule has 0 bridgehead atoms. The Morgan fingerprint density at radius 1 is 1.29 bits per heavy atom. The van der Waals surface area contributed by atoms with Gasteiger partial charge in [0.2, 0.25) is 10.0 Å². The number of anilines is 1. The second kappa shape index (κ2) is 6.20. The molecule has 1 aromatic rings. The molecule has 0 saturated carbocycles. The van der Waals surface area contributed by atoms with E-state index in [2.05, 4.69) is 0 Å². The Morgan fingerprint density at radius 2 is 1.81 bits per heavy atom. The van der Waals surface area contributed by atoms with E-state index >= 15 is 0 Å². The summed E-state index contributed by atoms with van der Waals surface area (Å²) < 4.78 is 62.9. The van der Waals surface area contributed by atoms with E-state index in [1.165, 1.54) is 13.8 Å². The van der Waals surface area contributed by atoms with Crippen molar-refractivity contribution < 1.29 is 21.6 Å². The minimum absolute atomic E-state index is 0.0865. The van der Waals surface area contributed by atoms with Gasteiger partial charge in [0.1, 0.15) is 11.4 Å². The fraction of sp³-hybridized carbons (Fsp3) is 0.455. The van der Waals surface area contributed by atoms with E-state index in [9.17, 15) is 21.6 Å². The number of hydrogen-bond acceptors (Lipinski definition) is 3. The lowest BCUT2D eigenvalue weighted by Gasteiger charge is -2.27. The number of nitrogen functional groups attached to an aromatic ring is 1. The average molecular weight is 365 g/mol. The molecular formula is C11H13Cl2F3N2O2S. The molecule has 0 amide bonds. The Labute approximate surface area is 130 Å². The number of nitrogens with two attached hydrogens (primary N) is 1. The van der Waals surface area contributed by atoms with Gasteiger partial charge < -0.3 is 5.73 Å². The summed E-state index contributed by atoms with van der Waals surface area (Å²) in [5.41, 5.74) is 5.25. The van der Waals surface area contributed by atoms with Crippen LogP contribution in [-0.4, -0.2) is 31.5 Å². The maximum atomic E-state index is 12.6. The number of rotatable bonds is 4. The highest BCUT2D eigenvalue weighted by Crippen LogP contribution is 2.35. The largest absolute Gasteiger partial charge is 0.402 e. The predicted molar refractivity (Wildman–Crippen MR) is 76.0 cm³/mol. The fourth-order valence-electron chi connectivity index (χ4n) is 1.69. The van der Waals surface area contributed by atoms with Gasteiger partial charge in [-0.15, -0.1) is 0 Å². The third-order valence-corrected chi connectivity index (χ3v) is 5.28. The Morgan fingerprint density at radius 3 is 2.19 bits per heavy atom. The third kappa shape index (κ3) is 4.38. The van der Waals surface area contributed by atoms with Gasteiger partial charge in [0.15, 0.2) is 0 Å². The Kier molecular flexibility index (Phi) is 5.41. The molecule has 0 saturated heterocycles.